The number of nitrogens with one attached hydrogen (secondary N) is 1. The molecular weight excluding hydrogens is 200 g/mol. The Hall–Kier alpha value is -1.35. The van der Waals surface area contributed by atoms with Crippen LogP contribution in [0.4, 0.5) is 5.69 Å². The van der Waals surface area contributed by atoms with Crippen LogP contribution in [0, 0.1) is 13.8 Å². The Labute approximate surface area is 96.5 Å². The Balaban J connectivity index is 2.27. The molecule has 3 nitrogen and oxygen atoms in total. The topological polar surface area (TPSA) is 32.3 Å². The maximum atomic E-state index is 11.9. The molecule has 1 aromatic rings. The first-order valence-corrected chi connectivity index (χ1v) is 5.77. The molecule has 1 amide bonds. The summed E-state index contributed by atoms with van der Waals surface area (Å²) in [7, 11) is 0. The minimum absolute atomic E-state index is 0.216. The summed E-state index contributed by atoms with van der Waals surface area (Å²) in [5, 5.41) is 3.24. The number of rotatable bonds is 1. The van der Waals surface area contributed by atoms with Gasteiger partial charge in [-0.2, -0.15) is 0 Å². The van der Waals surface area contributed by atoms with E-state index in [1.54, 1.807) is 0 Å². The van der Waals surface area contributed by atoms with E-state index in [-0.39, 0.29) is 5.91 Å². The van der Waals surface area contributed by atoms with E-state index in [0.29, 0.717) is 6.42 Å². The molecular formula is C13H18N2O. The number of hydrogen-bond donors (Lipinski definition) is 1. The molecule has 0 atom stereocenters. The fraction of sp³-hybridized carbons (Fsp3) is 0.462. The van der Waals surface area contributed by atoms with Gasteiger partial charge in [-0.25, -0.2) is 0 Å². The van der Waals surface area contributed by atoms with Crippen LogP contribution in [0.15, 0.2) is 18.2 Å². The quantitative estimate of drug-likeness (QED) is 0.777. The van der Waals surface area contributed by atoms with E-state index in [1.807, 2.05) is 11.0 Å². The van der Waals surface area contributed by atoms with Gasteiger partial charge in [0.1, 0.15) is 0 Å². The molecule has 1 N–H and O–H groups in total. The summed E-state index contributed by atoms with van der Waals surface area (Å²) in [4.78, 5) is 13.8. The molecule has 1 saturated heterocycles. The highest BCUT2D eigenvalue weighted by Gasteiger charge is 2.17. The van der Waals surface area contributed by atoms with Crippen LogP contribution in [0.2, 0.25) is 0 Å². The molecule has 86 valence electrons. The van der Waals surface area contributed by atoms with Gasteiger partial charge in [-0.1, -0.05) is 6.07 Å². The predicted octanol–water partition coefficient (Wildman–Crippen LogP) is 1.63. The standard InChI is InChI=1S/C13H18N2O/c1-10-3-4-12(9-11(10)2)15-8-7-14-6-5-13(15)16/h3-4,9,14H,5-8H2,1-2H3. The Morgan fingerprint density at radius 3 is 2.75 bits per heavy atom. The minimum Gasteiger partial charge on any atom is -0.314 e. The van der Waals surface area contributed by atoms with E-state index >= 15 is 0 Å². The lowest BCUT2D eigenvalue weighted by Crippen LogP contribution is -2.32. The summed E-state index contributed by atoms with van der Waals surface area (Å²) in [5.74, 6) is 0.216. The molecule has 1 fully saturated rings. The maximum absolute atomic E-state index is 11.9. The molecule has 1 aromatic carbocycles. The van der Waals surface area contributed by atoms with Gasteiger partial charge in [0.25, 0.3) is 0 Å². The summed E-state index contributed by atoms with van der Waals surface area (Å²) in [6, 6.07) is 6.21. The zero-order valence-electron chi connectivity index (χ0n) is 9.92. The van der Waals surface area contributed by atoms with Crippen molar-refractivity contribution in [1.29, 1.82) is 0 Å². The molecule has 1 aliphatic heterocycles. The van der Waals surface area contributed by atoms with E-state index in [9.17, 15) is 4.79 Å². The average molecular weight is 218 g/mol. The number of carbonyl (C=O) groups excluding carboxylic acids is 1. The minimum atomic E-state index is 0.216. The van der Waals surface area contributed by atoms with Gasteiger partial charge in [-0.15, -0.1) is 0 Å². The van der Waals surface area contributed by atoms with Gasteiger partial charge in [0.15, 0.2) is 0 Å². The van der Waals surface area contributed by atoms with Gasteiger partial charge in [0, 0.05) is 31.7 Å². The highest BCUT2D eigenvalue weighted by Crippen LogP contribution is 2.19. The summed E-state index contributed by atoms with van der Waals surface area (Å²) < 4.78 is 0. The number of benzene rings is 1. The van der Waals surface area contributed by atoms with Gasteiger partial charge in [-0.3, -0.25) is 4.79 Å². The van der Waals surface area contributed by atoms with E-state index in [0.717, 1.165) is 25.3 Å². The second-order valence-electron chi connectivity index (χ2n) is 4.31. The van der Waals surface area contributed by atoms with Crippen LogP contribution in [0.1, 0.15) is 17.5 Å². The molecule has 0 aliphatic carbocycles. The molecule has 0 radical (unpaired) electrons. The third-order valence-corrected chi connectivity index (χ3v) is 3.13. The van der Waals surface area contributed by atoms with E-state index in [4.69, 9.17) is 0 Å². The molecule has 0 spiro atoms. The fourth-order valence-corrected chi connectivity index (χ4v) is 1.94. The van der Waals surface area contributed by atoms with Gasteiger partial charge < -0.3 is 10.2 Å². The van der Waals surface area contributed by atoms with Crippen molar-refractivity contribution in [2.75, 3.05) is 24.5 Å². The molecule has 0 aromatic heterocycles. The molecule has 1 aliphatic rings. The second kappa shape index (κ2) is 4.66. The molecule has 16 heavy (non-hydrogen) atoms. The number of anilines is 1. The lowest BCUT2D eigenvalue weighted by atomic mass is 10.1. The Kier molecular flexibility index (Phi) is 3.25. The third-order valence-electron chi connectivity index (χ3n) is 3.13. The number of hydrogen-bond acceptors (Lipinski definition) is 2. The molecule has 0 bridgehead atoms. The van der Waals surface area contributed by atoms with Crippen LogP contribution in [0.5, 0.6) is 0 Å². The summed E-state index contributed by atoms with van der Waals surface area (Å²) in [6.45, 7) is 6.60. The highest BCUT2D eigenvalue weighted by molar-refractivity contribution is 5.93. The summed E-state index contributed by atoms with van der Waals surface area (Å²) >= 11 is 0. The molecule has 1 heterocycles. The van der Waals surface area contributed by atoms with Crippen LogP contribution >= 0.6 is 0 Å². The summed E-state index contributed by atoms with van der Waals surface area (Å²) in [6.07, 6.45) is 0.590. The zero-order valence-corrected chi connectivity index (χ0v) is 9.92. The number of carbonyl (C=O) groups is 1. The van der Waals surface area contributed by atoms with Crippen molar-refractivity contribution in [3.05, 3.63) is 29.3 Å². The van der Waals surface area contributed by atoms with Crippen LogP contribution in [-0.4, -0.2) is 25.5 Å². The first kappa shape index (κ1) is 11.1. The smallest absolute Gasteiger partial charge is 0.228 e. The Bertz CT molecular complexity index is 401. The van der Waals surface area contributed by atoms with E-state index in [1.165, 1.54) is 11.1 Å². The van der Waals surface area contributed by atoms with Crippen molar-refractivity contribution < 1.29 is 4.79 Å². The normalized spacial score (nSPS) is 17.4. The van der Waals surface area contributed by atoms with Gasteiger partial charge in [0.05, 0.1) is 0 Å². The van der Waals surface area contributed by atoms with Crippen molar-refractivity contribution in [1.82, 2.24) is 5.32 Å². The number of aryl methyl sites for hydroxylation is 2. The molecule has 3 heteroatoms. The van der Waals surface area contributed by atoms with Gasteiger partial charge in [0.2, 0.25) is 5.91 Å². The lowest BCUT2D eigenvalue weighted by molar-refractivity contribution is -0.118. The van der Waals surface area contributed by atoms with Crippen molar-refractivity contribution in [3.8, 4) is 0 Å². The zero-order chi connectivity index (χ0) is 11.5. The van der Waals surface area contributed by atoms with Crippen LogP contribution in [-0.2, 0) is 4.79 Å². The number of nitrogens with zero attached hydrogens (tertiary/aromatic N) is 1. The molecule has 2 rings (SSSR count). The lowest BCUT2D eigenvalue weighted by Gasteiger charge is -2.21. The summed E-state index contributed by atoms with van der Waals surface area (Å²) in [5.41, 5.74) is 3.53. The van der Waals surface area contributed by atoms with Crippen molar-refractivity contribution in [2.45, 2.75) is 20.3 Å². The van der Waals surface area contributed by atoms with Crippen molar-refractivity contribution >= 4 is 11.6 Å². The SMILES string of the molecule is Cc1ccc(N2CCNCCC2=O)cc1C. The van der Waals surface area contributed by atoms with Crippen molar-refractivity contribution in [2.24, 2.45) is 0 Å². The van der Waals surface area contributed by atoms with Crippen molar-refractivity contribution in [3.63, 3.8) is 0 Å². The first-order chi connectivity index (χ1) is 7.68. The second-order valence-corrected chi connectivity index (χ2v) is 4.31. The highest BCUT2D eigenvalue weighted by atomic mass is 16.2. The van der Waals surface area contributed by atoms with E-state index in [2.05, 4.69) is 31.3 Å². The molecule has 0 saturated carbocycles. The largest absolute Gasteiger partial charge is 0.314 e. The maximum Gasteiger partial charge on any atom is 0.228 e. The third kappa shape index (κ3) is 2.25. The van der Waals surface area contributed by atoms with Crippen LogP contribution in [0.25, 0.3) is 0 Å². The predicted molar refractivity (Wildman–Crippen MR) is 65.8 cm³/mol. The van der Waals surface area contributed by atoms with Gasteiger partial charge in [-0.05, 0) is 37.1 Å². The van der Waals surface area contributed by atoms with Crippen LogP contribution in [0.3, 0.4) is 0 Å². The average Bonchev–Trinajstić information content (AvgIpc) is 2.47. The molecule has 0 unspecified atom stereocenters. The van der Waals surface area contributed by atoms with Gasteiger partial charge >= 0.3 is 0 Å². The fourth-order valence-electron chi connectivity index (χ4n) is 1.94. The number of amides is 1. The Morgan fingerprint density at radius 2 is 2.00 bits per heavy atom. The van der Waals surface area contributed by atoms with Crippen LogP contribution < -0.4 is 10.2 Å². The monoisotopic (exact) mass is 218 g/mol. The Morgan fingerprint density at radius 1 is 1.19 bits per heavy atom. The van der Waals surface area contributed by atoms with E-state index < -0.39 is 0 Å². The first-order valence-electron chi connectivity index (χ1n) is 5.77.